The fourth-order valence-electron chi connectivity index (χ4n) is 1.56. The summed E-state index contributed by atoms with van der Waals surface area (Å²) in [5, 5.41) is 14.0. The van der Waals surface area contributed by atoms with Gasteiger partial charge in [-0.2, -0.15) is 0 Å². The summed E-state index contributed by atoms with van der Waals surface area (Å²) in [5.74, 6) is 0. The van der Waals surface area contributed by atoms with E-state index < -0.39 is 15.7 Å². The first-order valence-electron chi connectivity index (χ1n) is 5.72. The highest BCUT2D eigenvalue weighted by Crippen LogP contribution is 2.20. The highest BCUT2D eigenvalue weighted by molar-refractivity contribution is 7.84. The van der Waals surface area contributed by atoms with Gasteiger partial charge in [-0.1, -0.05) is 6.92 Å². The van der Waals surface area contributed by atoms with Gasteiger partial charge in [0, 0.05) is 46.7 Å². The topological polar surface area (TPSA) is 72.2 Å². The summed E-state index contributed by atoms with van der Waals surface area (Å²) < 4.78 is 11.2. The molecule has 1 aromatic rings. The maximum Gasteiger partial charge on any atom is 0.271 e. The Morgan fingerprint density at radius 2 is 2.11 bits per heavy atom. The van der Waals surface area contributed by atoms with Crippen molar-refractivity contribution in [2.24, 2.45) is 0 Å². The van der Waals surface area contributed by atoms with Gasteiger partial charge in [0.2, 0.25) is 0 Å². The van der Waals surface area contributed by atoms with Crippen LogP contribution in [0.3, 0.4) is 0 Å². The van der Waals surface area contributed by atoms with Gasteiger partial charge < -0.3 is 5.32 Å². The third kappa shape index (κ3) is 4.44. The fourth-order valence-corrected chi connectivity index (χ4v) is 2.01. The highest BCUT2D eigenvalue weighted by atomic mass is 32.2. The molecule has 2 atom stereocenters. The number of hydrogen-bond acceptors (Lipinski definition) is 4. The monoisotopic (exact) mass is 270 g/mol. The van der Waals surface area contributed by atoms with Gasteiger partial charge in [0.25, 0.3) is 5.69 Å². The van der Waals surface area contributed by atoms with Crippen LogP contribution in [0.4, 0.5) is 11.4 Å². The van der Waals surface area contributed by atoms with Crippen molar-refractivity contribution in [1.29, 1.82) is 0 Å². The molecule has 100 valence electrons. The largest absolute Gasteiger partial charge is 0.385 e. The van der Waals surface area contributed by atoms with E-state index in [2.05, 4.69) is 5.32 Å². The Balaban J connectivity index is 2.62. The molecule has 0 amide bonds. The smallest absolute Gasteiger partial charge is 0.271 e. The molecule has 1 rings (SSSR count). The van der Waals surface area contributed by atoms with Gasteiger partial charge in [-0.3, -0.25) is 14.3 Å². The molecule has 0 aliphatic carbocycles. The molecule has 18 heavy (non-hydrogen) atoms. The number of hydrogen-bond donors (Lipinski definition) is 1. The first kappa shape index (κ1) is 14.6. The molecule has 1 N–H and O–H groups in total. The van der Waals surface area contributed by atoms with E-state index in [1.807, 2.05) is 19.9 Å². The van der Waals surface area contributed by atoms with Gasteiger partial charge in [0.15, 0.2) is 0 Å². The van der Waals surface area contributed by atoms with E-state index in [0.717, 1.165) is 17.7 Å². The van der Waals surface area contributed by atoms with Crippen molar-refractivity contribution >= 4 is 22.2 Å². The summed E-state index contributed by atoms with van der Waals surface area (Å²) in [5.41, 5.74) is 1.67. The molecule has 0 heterocycles. The predicted octanol–water partition coefficient (Wildman–Crippen LogP) is 2.47. The quantitative estimate of drug-likeness (QED) is 0.636. The molecule has 0 aliphatic rings. The van der Waals surface area contributed by atoms with Crippen LogP contribution in [-0.4, -0.2) is 27.2 Å². The molecule has 6 heteroatoms. The van der Waals surface area contributed by atoms with Crippen LogP contribution in [0.2, 0.25) is 0 Å². The second-order valence-corrected chi connectivity index (χ2v) is 6.14. The minimum Gasteiger partial charge on any atom is -0.385 e. The summed E-state index contributed by atoms with van der Waals surface area (Å²) in [7, 11) is -0.833. The third-order valence-electron chi connectivity index (χ3n) is 2.72. The Hall–Kier alpha value is -1.43. The van der Waals surface area contributed by atoms with E-state index in [9.17, 15) is 14.3 Å². The van der Waals surface area contributed by atoms with Crippen molar-refractivity contribution in [1.82, 2.24) is 0 Å². The van der Waals surface area contributed by atoms with E-state index in [1.165, 1.54) is 12.1 Å². The van der Waals surface area contributed by atoms with E-state index in [1.54, 1.807) is 6.26 Å². The summed E-state index contributed by atoms with van der Waals surface area (Å²) in [4.78, 5) is 10.3. The number of rotatable bonds is 6. The van der Waals surface area contributed by atoms with Crippen LogP contribution >= 0.6 is 0 Å². The van der Waals surface area contributed by atoms with Crippen molar-refractivity contribution < 1.29 is 9.13 Å². The molecular weight excluding hydrogens is 252 g/mol. The second-order valence-electron chi connectivity index (χ2n) is 4.34. The molecule has 0 bridgehead atoms. The zero-order valence-corrected chi connectivity index (χ0v) is 11.6. The molecule has 0 aromatic heterocycles. The van der Waals surface area contributed by atoms with Gasteiger partial charge in [-0.25, -0.2) is 0 Å². The normalized spacial score (nSPS) is 13.9. The lowest BCUT2D eigenvalue weighted by Gasteiger charge is -2.10. The van der Waals surface area contributed by atoms with E-state index >= 15 is 0 Å². The number of nitrogens with zero attached hydrogens (tertiary/aromatic N) is 1. The Labute approximate surface area is 109 Å². The molecule has 1 aromatic carbocycles. The van der Waals surface area contributed by atoms with Crippen LogP contribution < -0.4 is 5.32 Å². The average Bonchev–Trinajstić information content (AvgIpc) is 2.27. The van der Waals surface area contributed by atoms with Crippen molar-refractivity contribution in [2.45, 2.75) is 25.5 Å². The SMILES string of the molecule is Cc1cc(NCCC(C)S(C)=O)cc([N+](=O)[O-])c1. The molecule has 5 nitrogen and oxygen atoms in total. The predicted molar refractivity (Wildman–Crippen MR) is 74.5 cm³/mol. The van der Waals surface area contributed by atoms with E-state index in [-0.39, 0.29) is 10.9 Å². The number of aryl methyl sites for hydroxylation is 1. The molecule has 0 fully saturated rings. The summed E-state index contributed by atoms with van der Waals surface area (Å²) >= 11 is 0. The van der Waals surface area contributed by atoms with Crippen molar-refractivity contribution in [3.63, 3.8) is 0 Å². The number of nitro benzene ring substituents is 1. The second kappa shape index (κ2) is 6.49. The van der Waals surface area contributed by atoms with Gasteiger partial charge in [-0.05, 0) is 25.0 Å². The lowest BCUT2D eigenvalue weighted by molar-refractivity contribution is -0.384. The fraction of sp³-hybridized carbons (Fsp3) is 0.500. The third-order valence-corrected chi connectivity index (χ3v) is 4.09. The van der Waals surface area contributed by atoms with Gasteiger partial charge in [0.1, 0.15) is 0 Å². The summed E-state index contributed by atoms with van der Waals surface area (Å²) in [6.45, 7) is 4.40. The summed E-state index contributed by atoms with van der Waals surface area (Å²) in [6.07, 6.45) is 2.45. The van der Waals surface area contributed by atoms with Crippen molar-refractivity contribution in [3.8, 4) is 0 Å². The maximum atomic E-state index is 11.2. The minimum atomic E-state index is -0.833. The lowest BCUT2D eigenvalue weighted by Crippen LogP contribution is -2.14. The first-order valence-corrected chi connectivity index (χ1v) is 7.34. The number of anilines is 1. The van der Waals surface area contributed by atoms with Gasteiger partial charge in [-0.15, -0.1) is 0 Å². The Morgan fingerprint density at radius 3 is 2.67 bits per heavy atom. The zero-order chi connectivity index (χ0) is 13.7. The Morgan fingerprint density at radius 1 is 1.44 bits per heavy atom. The van der Waals surface area contributed by atoms with E-state index in [4.69, 9.17) is 0 Å². The van der Waals surface area contributed by atoms with Crippen molar-refractivity contribution in [3.05, 3.63) is 33.9 Å². The molecule has 0 spiro atoms. The van der Waals surface area contributed by atoms with Gasteiger partial charge >= 0.3 is 0 Å². The molecule has 0 saturated heterocycles. The van der Waals surface area contributed by atoms with Crippen LogP contribution in [0, 0.1) is 17.0 Å². The highest BCUT2D eigenvalue weighted by Gasteiger charge is 2.09. The number of benzene rings is 1. The maximum absolute atomic E-state index is 11.2. The molecule has 0 aliphatic heterocycles. The van der Waals surface area contributed by atoms with Crippen molar-refractivity contribution in [2.75, 3.05) is 18.1 Å². The Bertz CT molecular complexity index is 463. The Kier molecular flexibility index (Phi) is 5.27. The van der Waals surface area contributed by atoms with E-state index in [0.29, 0.717) is 6.54 Å². The van der Waals surface area contributed by atoms with Crippen LogP contribution in [0.25, 0.3) is 0 Å². The average molecular weight is 270 g/mol. The minimum absolute atomic E-state index is 0.0876. The molecule has 0 radical (unpaired) electrons. The standard InChI is InChI=1S/C12H18N2O3S/c1-9-6-11(8-12(7-9)14(15)16)13-5-4-10(2)18(3)17/h6-8,10,13H,4-5H2,1-3H3. The van der Waals surface area contributed by atoms with Crippen LogP contribution in [0.15, 0.2) is 18.2 Å². The molecular formula is C12H18N2O3S. The van der Waals surface area contributed by atoms with Crippen LogP contribution in [-0.2, 0) is 10.8 Å². The lowest BCUT2D eigenvalue weighted by atomic mass is 10.2. The first-order chi connectivity index (χ1) is 8.40. The van der Waals surface area contributed by atoms with Gasteiger partial charge in [0.05, 0.1) is 4.92 Å². The molecule has 2 unspecified atom stereocenters. The molecule has 0 saturated carbocycles. The summed E-state index contributed by atoms with van der Waals surface area (Å²) in [6, 6.07) is 4.91. The number of nitro groups is 1. The number of non-ortho nitro benzene ring substituents is 1. The zero-order valence-electron chi connectivity index (χ0n) is 10.8. The van der Waals surface area contributed by atoms with Crippen LogP contribution in [0.1, 0.15) is 18.9 Å². The number of nitrogens with one attached hydrogen (secondary N) is 1. The van der Waals surface area contributed by atoms with Crippen LogP contribution in [0.5, 0.6) is 0 Å².